The van der Waals surface area contributed by atoms with Gasteiger partial charge in [0.25, 0.3) is 5.91 Å². The second-order valence-corrected chi connectivity index (χ2v) is 6.95. The summed E-state index contributed by atoms with van der Waals surface area (Å²) < 4.78 is 0. The quantitative estimate of drug-likeness (QED) is 0.586. The van der Waals surface area contributed by atoms with E-state index in [1.54, 1.807) is 0 Å². The van der Waals surface area contributed by atoms with E-state index < -0.39 is 0 Å². The Kier molecular flexibility index (Phi) is 6.65. The molecule has 0 spiro atoms. The maximum atomic E-state index is 12.9. The highest BCUT2D eigenvalue weighted by molar-refractivity contribution is 5.94. The first-order chi connectivity index (χ1) is 13.6. The number of carbonyl (C=O) groups is 1. The predicted molar refractivity (Wildman–Crippen MR) is 115 cm³/mol. The molecule has 0 fully saturated rings. The third-order valence-electron chi connectivity index (χ3n) is 4.93. The molecule has 0 aliphatic heterocycles. The van der Waals surface area contributed by atoms with Crippen LogP contribution in [0.25, 0.3) is 0 Å². The SMILES string of the molecule is Cc1cccc(C#CC(=O)N(CCc2ccccc2)Cc2ccccc2)c1C. The zero-order valence-corrected chi connectivity index (χ0v) is 16.5. The molecule has 0 aliphatic rings. The van der Waals surface area contributed by atoms with Crippen LogP contribution in [0.4, 0.5) is 0 Å². The van der Waals surface area contributed by atoms with Gasteiger partial charge < -0.3 is 4.90 Å². The fraction of sp³-hybridized carbons (Fsp3) is 0.192. The van der Waals surface area contributed by atoms with Gasteiger partial charge in [0, 0.05) is 24.6 Å². The van der Waals surface area contributed by atoms with Crippen LogP contribution < -0.4 is 0 Å². The Hall–Kier alpha value is -3.31. The Morgan fingerprint density at radius 2 is 1.46 bits per heavy atom. The standard InChI is InChI=1S/C26H25NO/c1-21-10-9-15-25(22(21)2)16-17-26(28)27(20-24-13-7-4-8-14-24)19-18-23-11-5-3-6-12-23/h3-15H,18-20H2,1-2H3. The van der Waals surface area contributed by atoms with E-state index in [1.165, 1.54) is 11.1 Å². The second kappa shape index (κ2) is 9.58. The predicted octanol–water partition coefficient (Wildman–Crippen LogP) is 4.93. The van der Waals surface area contributed by atoms with Crippen LogP contribution in [-0.2, 0) is 17.8 Å². The molecule has 0 radical (unpaired) electrons. The first kappa shape index (κ1) is 19.5. The Morgan fingerprint density at radius 3 is 2.14 bits per heavy atom. The zero-order valence-electron chi connectivity index (χ0n) is 16.5. The van der Waals surface area contributed by atoms with Gasteiger partial charge in [-0.25, -0.2) is 0 Å². The lowest BCUT2D eigenvalue weighted by Gasteiger charge is -2.20. The fourth-order valence-electron chi connectivity index (χ4n) is 3.05. The van der Waals surface area contributed by atoms with Crippen molar-refractivity contribution in [1.29, 1.82) is 0 Å². The molecule has 0 aliphatic carbocycles. The molecule has 0 N–H and O–H groups in total. The van der Waals surface area contributed by atoms with Crippen LogP contribution in [0, 0.1) is 25.7 Å². The van der Waals surface area contributed by atoms with Crippen LogP contribution >= 0.6 is 0 Å². The molecule has 0 atom stereocenters. The molecule has 140 valence electrons. The van der Waals surface area contributed by atoms with Crippen molar-refractivity contribution in [3.8, 4) is 11.8 Å². The number of nitrogens with zero attached hydrogens (tertiary/aromatic N) is 1. The summed E-state index contributed by atoms with van der Waals surface area (Å²) >= 11 is 0. The highest BCUT2D eigenvalue weighted by Crippen LogP contribution is 2.12. The van der Waals surface area contributed by atoms with Crippen LogP contribution in [0.15, 0.2) is 78.9 Å². The van der Waals surface area contributed by atoms with E-state index in [1.807, 2.05) is 72.5 Å². The van der Waals surface area contributed by atoms with Crippen molar-refractivity contribution in [2.24, 2.45) is 0 Å². The number of hydrogen-bond donors (Lipinski definition) is 0. The van der Waals surface area contributed by atoms with E-state index in [9.17, 15) is 4.79 Å². The minimum absolute atomic E-state index is 0.138. The van der Waals surface area contributed by atoms with Crippen molar-refractivity contribution in [2.45, 2.75) is 26.8 Å². The monoisotopic (exact) mass is 367 g/mol. The molecule has 2 heteroatoms. The molecule has 28 heavy (non-hydrogen) atoms. The highest BCUT2D eigenvalue weighted by atomic mass is 16.2. The smallest absolute Gasteiger partial charge is 0.299 e. The van der Waals surface area contributed by atoms with Crippen molar-refractivity contribution < 1.29 is 4.79 Å². The lowest BCUT2D eigenvalue weighted by atomic mass is 10.0. The van der Waals surface area contributed by atoms with Crippen LogP contribution in [0.3, 0.4) is 0 Å². The summed E-state index contributed by atoms with van der Waals surface area (Å²) in [6, 6.07) is 26.3. The molecule has 0 saturated heterocycles. The minimum Gasteiger partial charge on any atom is -0.327 e. The van der Waals surface area contributed by atoms with Crippen LogP contribution in [0.2, 0.25) is 0 Å². The van der Waals surface area contributed by atoms with Crippen LogP contribution in [-0.4, -0.2) is 17.4 Å². The molecular weight excluding hydrogens is 342 g/mol. The molecule has 0 aromatic heterocycles. The summed E-state index contributed by atoms with van der Waals surface area (Å²) in [5, 5.41) is 0. The lowest BCUT2D eigenvalue weighted by Crippen LogP contribution is -2.31. The number of rotatable bonds is 5. The van der Waals surface area contributed by atoms with Gasteiger partial charge in [0.2, 0.25) is 0 Å². The summed E-state index contributed by atoms with van der Waals surface area (Å²) in [4.78, 5) is 14.7. The van der Waals surface area contributed by atoms with E-state index in [4.69, 9.17) is 0 Å². The summed E-state index contributed by atoms with van der Waals surface area (Å²) in [5.41, 5.74) is 5.55. The molecule has 2 nitrogen and oxygen atoms in total. The lowest BCUT2D eigenvalue weighted by molar-refractivity contribution is -0.125. The van der Waals surface area contributed by atoms with Gasteiger partial charge in [0.05, 0.1) is 0 Å². The van der Waals surface area contributed by atoms with Gasteiger partial charge in [-0.1, -0.05) is 78.7 Å². The van der Waals surface area contributed by atoms with Crippen LogP contribution in [0.1, 0.15) is 27.8 Å². The number of aryl methyl sites for hydroxylation is 1. The molecule has 1 amide bonds. The summed E-state index contributed by atoms with van der Waals surface area (Å²) in [5.74, 6) is 5.80. The zero-order chi connectivity index (χ0) is 19.8. The molecule has 0 saturated carbocycles. The Balaban J connectivity index is 1.78. The van der Waals surface area contributed by atoms with Gasteiger partial charge in [-0.3, -0.25) is 4.79 Å². The van der Waals surface area contributed by atoms with Crippen molar-refractivity contribution >= 4 is 5.91 Å². The van der Waals surface area contributed by atoms with E-state index in [2.05, 4.69) is 37.0 Å². The van der Waals surface area contributed by atoms with Crippen molar-refractivity contribution in [2.75, 3.05) is 6.54 Å². The molecule has 3 rings (SSSR count). The number of benzene rings is 3. The Labute approximate surface area is 167 Å². The molecule has 0 unspecified atom stereocenters. The van der Waals surface area contributed by atoms with Gasteiger partial charge in [-0.15, -0.1) is 0 Å². The van der Waals surface area contributed by atoms with E-state index in [0.29, 0.717) is 13.1 Å². The first-order valence-corrected chi connectivity index (χ1v) is 9.58. The minimum atomic E-state index is -0.138. The summed E-state index contributed by atoms with van der Waals surface area (Å²) in [6.07, 6.45) is 0.810. The first-order valence-electron chi connectivity index (χ1n) is 9.58. The highest BCUT2D eigenvalue weighted by Gasteiger charge is 2.12. The van der Waals surface area contributed by atoms with Gasteiger partial charge in [-0.2, -0.15) is 0 Å². The third-order valence-corrected chi connectivity index (χ3v) is 4.93. The van der Waals surface area contributed by atoms with E-state index >= 15 is 0 Å². The molecule has 3 aromatic rings. The van der Waals surface area contributed by atoms with Gasteiger partial charge in [-0.05, 0) is 48.6 Å². The number of amides is 1. The molecule has 3 aromatic carbocycles. The molecule has 0 bridgehead atoms. The van der Waals surface area contributed by atoms with Gasteiger partial charge in [0.1, 0.15) is 0 Å². The summed E-state index contributed by atoms with van der Waals surface area (Å²) in [7, 11) is 0. The fourth-order valence-corrected chi connectivity index (χ4v) is 3.05. The number of hydrogen-bond acceptors (Lipinski definition) is 1. The summed E-state index contributed by atoms with van der Waals surface area (Å²) in [6.45, 7) is 5.30. The molecular formula is C26H25NO. The normalized spacial score (nSPS) is 10.1. The maximum absolute atomic E-state index is 12.9. The maximum Gasteiger partial charge on any atom is 0.299 e. The average Bonchev–Trinajstić information content (AvgIpc) is 2.73. The van der Waals surface area contributed by atoms with Crippen LogP contribution in [0.5, 0.6) is 0 Å². The Morgan fingerprint density at radius 1 is 0.821 bits per heavy atom. The van der Waals surface area contributed by atoms with Crippen molar-refractivity contribution in [1.82, 2.24) is 4.90 Å². The molecule has 0 heterocycles. The van der Waals surface area contributed by atoms with Crippen molar-refractivity contribution in [3.63, 3.8) is 0 Å². The van der Waals surface area contributed by atoms with E-state index in [0.717, 1.165) is 23.1 Å². The van der Waals surface area contributed by atoms with Crippen molar-refractivity contribution in [3.05, 3.63) is 107 Å². The van der Waals surface area contributed by atoms with Gasteiger partial charge >= 0.3 is 0 Å². The van der Waals surface area contributed by atoms with Gasteiger partial charge in [0.15, 0.2) is 0 Å². The third kappa shape index (κ3) is 5.34. The topological polar surface area (TPSA) is 20.3 Å². The average molecular weight is 367 g/mol. The second-order valence-electron chi connectivity index (χ2n) is 6.95. The van der Waals surface area contributed by atoms with E-state index in [-0.39, 0.29) is 5.91 Å². The Bertz CT molecular complexity index is 981. The number of carbonyl (C=O) groups excluding carboxylic acids is 1. The largest absolute Gasteiger partial charge is 0.327 e.